The zero-order chi connectivity index (χ0) is 21.0. The molecular weight excluding hydrogens is 362 g/mol. The molecular formula is C24H39N3O2. The topological polar surface area (TPSA) is 45.7 Å². The highest BCUT2D eigenvalue weighted by Gasteiger charge is 2.32. The molecule has 2 heterocycles. The number of carbonyl (C=O) groups is 1. The van der Waals surface area contributed by atoms with Crippen LogP contribution < -0.4 is 4.90 Å². The summed E-state index contributed by atoms with van der Waals surface area (Å²) >= 11 is 0. The van der Waals surface area contributed by atoms with E-state index in [9.17, 15) is 4.79 Å². The molecule has 0 unspecified atom stereocenters. The smallest absolute Gasteiger partial charge is 0.416 e. The number of pyridine rings is 1. The highest BCUT2D eigenvalue weighted by Crippen LogP contribution is 2.34. The Morgan fingerprint density at radius 1 is 1.10 bits per heavy atom. The Morgan fingerprint density at radius 3 is 2.38 bits per heavy atom. The Balaban J connectivity index is 1.83. The van der Waals surface area contributed by atoms with Gasteiger partial charge in [0.15, 0.2) is 0 Å². The van der Waals surface area contributed by atoms with Crippen molar-refractivity contribution >= 4 is 11.9 Å². The lowest BCUT2D eigenvalue weighted by Crippen LogP contribution is -2.45. The maximum Gasteiger partial charge on any atom is 0.416 e. The van der Waals surface area contributed by atoms with Gasteiger partial charge in [-0.15, -0.1) is 0 Å². The van der Waals surface area contributed by atoms with Gasteiger partial charge in [0.25, 0.3) is 0 Å². The number of aromatic nitrogens is 1. The predicted molar refractivity (Wildman–Crippen MR) is 118 cm³/mol. The fraction of sp³-hybridized carbons (Fsp3) is 0.750. The first kappa shape index (κ1) is 22.1. The first-order valence-electron chi connectivity index (χ1n) is 11.5. The van der Waals surface area contributed by atoms with Gasteiger partial charge in [0, 0.05) is 24.3 Å². The molecule has 5 heteroatoms. The minimum Gasteiger partial charge on any atom is -0.443 e. The molecule has 1 amide bonds. The number of nitrogens with zero attached hydrogens (tertiary/aromatic N) is 3. The van der Waals surface area contributed by atoms with E-state index in [4.69, 9.17) is 9.72 Å². The van der Waals surface area contributed by atoms with E-state index in [-0.39, 0.29) is 12.1 Å². The Kier molecular flexibility index (Phi) is 7.20. The van der Waals surface area contributed by atoms with Crippen molar-refractivity contribution in [3.8, 4) is 0 Å². The van der Waals surface area contributed by atoms with Crippen molar-refractivity contribution in [3.05, 3.63) is 23.9 Å². The summed E-state index contributed by atoms with van der Waals surface area (Å²) in [6, 6.07) is 5.34. The molecule has 1 saturated carbocycles. The van der Waals surface area contributed by atoms with Crippen LogP contribution in [-0.4, -0.2) is 40.2 Å². The zero-order valence-corrected chi connectivity index (χ0v) is 19.0. The van der Waals surface area contributed by atoms with E-state index in [2.05, 4.69) is 24.8 Å². The van der Waals surface area contributed by atoms with Gasteiger partial charge in [-0.25, -0.2) is 9.78 Å². The highest BCUT2D eigenvalue weighted by atomic mass is 16.6. The third-order valence-corrected chi connectivity index (χ3v) is 6.14. The lowest BCUT2D eigenvalue weighted by atomic mass is 9.94. The molecule has 0 radical (unpaired) electrons. The standard InChI is InChI=1S/C24H39N3O2/c1-18(2)26-16-10-9-13-21(26)19-14-15-22(25-17-19)27(20-11-7-6-8-12-20)23(28)29-24(3,4)5/h14-15,17-18,20-21H,6-13,16H2,1-5H3/t21-/m0/s1. The number of hydrogen-bond acceptors (Lipinski definition) is 4. The van der Waals surface area contributed by atoms with E-state index in [1.54, 1.807) is 0 Å². The summed E-state index contributed by atoms with van der Waals surface area (Å²) in [4.78, 5) is 22.2. The molecule has 0 N–H and O–H groups in total. The molecule has 0 bridgehead atoms. The van der Waals surface area contributed by atoms with Crippen molar-refractivity contribution in [1.82, 2.24) is 9.88 Å². The monoisotopic (exact) mass is 401 g/mol. The van der Waals surface area contributed by atoms with Crippen LogP contribution in [0.1, 0.15) is 97.6 Å². The number of rotatable bonds is 4. The summed E-state index contributed by atoms with van der Waals surface area (Å²) < 4.78 is 5.74. The molecule has 0 aromatic carbocycles. The van der Waals surface area contributed by atoms with Crippen molar-refractivity contribution < 1.29 is 9.53 Å². The van der Waals surface area contributed by atoms with Gasteiger partial charge in [0.05, 0.1) is 0 Å². The first-order valence-corrected chi connectivity index (χ1v) is 11.5. The lowest BCUT2D eigenvalue weighted by molar-refractivity contribution is 0.0556. The molecule has 162 valence electrons. The van der Waals surface area contributed by atoms with Crippen LogP contribution in [0, 0.1) is 0 Å². The van der Waals surface area contributed by atoms with E-state index in [0.29, 0.717) is 12.1 Å². The van der Waals surface area contributed by atoms with E-state index in [1.807, 2.05) is 37.9 Å². The van der Waals surface area contributed by atoms with Gasteiger partial charge < -0.3 is 4.74 Å². The molecule has 1 atom stereocenters. The van der Waals surface area contributed by atoms with Crippen molar-refractivity contribution in [2.75, 3.05) is 11.4 Å². The number of ether oxygens (including phenoxy) is 1. The molecule has 3 rings (SSSR count). The fourth-order valence-electron chi connectivity index (χ4n) is 4.75. The number of likely N-dealkylation sites (tertiary alicyclic amines) is 1. The zero-order valence-electron chi connectivity index (χ0n) is 19.0. The van der Waals surface area contributed by atoms with E-state index in [0.717, 1.165) is 38.0 Å². The highest BCUT2D eigenvalue weighted by molar-refractivity contribution is 5.87. The Hall–Kier alpha value is -1.62. The summed E-state index contributed by atoms with van der Waals surface area (Å²) in [5.41, 5.74) is 0.749. The van der Waals surface area contributed by atoms with Crippen molar-refractivity contribution in [2.24, 2.45) is 0 Å². The summed E-state index contributed by atoms with van der Waals surface area (Å²) in [5, 5.41) is 0. The van der Waals surface area contributed by atoms with Gasteiger partial charge in [-0.2, -0.15) is 0 Å². The largest absolute Gasteiger partial charge is 0.443 e. The predicted octanol–water partition coefficient (Wildman–Crippen LogP) is 6.09. The molecule has 1 aromatic heterocycles. The van der Waals surface area contributed by atoms with Crippen LogP contribution in [0.5, 0.6) is 0 Å². The molecule has 1 saturated heterocycles. The molecule has 2 fully saturated rings. The van der Waals surface area contributed by atoms with Gasteiger partial charge in [0.1, 0.15) is 11.4 Å². The van der Waals surface area contributed by atoms with Crippen LogP contribution in [0.15, 0.2) is 18.3 Å². The second-order valence-corrected chi connectivity index (χ2v) is 9.94. The Bertz CT molecular complexity index is 660. The third-order valence-electron chi connectivity index (χ3n) is 6.14. The number of anilines is 1. The van der Waals surface area contributed by atoms with Crippen LogP contribution >= 0.6 is 0 Å². The van der Waals surface area contributed by atoms with Crippen molar-refractivity contribution in [2.45, 2.75) is 110 Å². The molecule has 0 spiro atoms. The van der Waals surface area contributed by atoms with Crippen LogP contribution in [0.2, 0.25) is 0 Å². The van der Waals surface area contributed by atoms with E-state index in [1.165, 1.54) is 31.2 Å². The SMILES string of the molecule is CC(C)N1CCCC[C@H]1c1ccc(N(C(=O)OC(C)(C)C)C2CCCCC2)nc1. The van der Waals surface area contributed by atoms with Crippen molar-refractivity contribution in [3.63, 3.8) is 0 Å². The normalized spacial score (nSPS) is 21.9. The van der Waals surface area contributed by atoms with Crippen molar-refractivity contribution in [1.29, 1.82) is 0 Å². The van der Waals surface area contributed by atoms with Crippen LogP contribution in [0.25, 0.3) is 0 Å². The summed E-state index contributed by atoms with van der Waals surface area (Å²) in [7, 11) is 0. The number of piperidine rings is 1. The van der Waals surface area contributed by atoms with E-state index < -0.39 is 5.60 Å². The number of amides is 1. The van der Waals surface area contributed by atoms with Crippen LogP contribution in [-0.2, 0) is 4.74 Å². The van der Waals surface area contributed by atoms with Gasteiger partial charge in [-0.05, 0) is 78.5 Å². The fourth-order valence-corrected chi connectivity index (χ4v) is 4.75. The second kappa shape index (κ2) is 9.46. The lowest BCUT2D eigenvalue weighted by Gasteiger charge is -2.39. The van der Waals surface area contributed by atoms with Crippen LogP contribution in [0.3, 0.4) is 0 Å². The summed E-state index contributed by atoms with van der Waals surface area (Å²) in [5.74, 6) is 0.724. The average Bonchev–Trinajstić information content (AvgIpc) is 2.68. The number of carbonyl (C=O) groups excluding carboxylic acids is 1. The average molecular weight is 402 g/mol. The minimum atomic E-state index is -0.510. The first-order chi connectivity index (χ1) is 13.8. The summed E-state index contributed by atoms with van der Waals surface area (Å²) in [6.45, 7) is 11.5. The van der Waals surface area contributed by atoms with E-state index >= 15 is 0 Å². The molecule has 1 aromatic rings. The summed E-state index contributed by atoms with van der Waals surface area (Å²) in [6.07, 6.45) is 11.0. The molecule has 1 aliphatic heterocycles. The minimum absolute atomic E-state index is 0.179. The molecule has 29 heavy (non-hydrogen) atoms. The second-order valence-electron chi connectivity index (χ2n) is 9.94. The quantitative estimate of drug-likeness (QED) is 0.612. The van der Waals surface area contributed by atoms with Gasteiger partial charge >= 0.3 is 6.09 Å². The van der Waals surface area contributed by atoms with Gasteiger partial charge in [-0.1, -0.05) is 31.7 Å². The Morgan fingerprint density at radius 2 is 1.79 bits per heavy atom. The van der Waals surface area contributed by atoms with Crippen LogP contribution in [0.4, 0.5) is 10.6 Å². The van der Waals surface area contributed by atoms with Gasteiger partial charge in [-0.3, -0.25) is 9.80 Å². The maximum absolute atomic E-state index is 13.0. The Labute approximate surface area is 176 Å². The number of hydrogen-bond donors (Lipinski definition) is 0. The molecule has 5 nitrogen and oxygen atoms in total. The third kappa shape index (κ3) is 5.71. The maximum atomic E-state index is 13.0. The molecule has 2 aliphatic rings. The van der Waals surface area contributed by atoms with Gasteiger partial charge in [0.2, 0.25) is 0 Å². The molecule has 1 aliphatic carbocycles.